The Morgan fingerprint density at radius 1 is 1.36 bits per heavy atom. The Hall–Kier alpha value is -0.450. The molecule has 1 aromatic rings. The van der Waals surface area contributed by atoms with Crippen molar-refractivity contribution in [2.75, 3.05) is 0 Å². The summed E-state index contributed by atoms with van der Waals surface area (Å²) >= 11 is 4.57. The molecule has 0 aliphatic carbocycles. The summed E-state index contributed by atoms with van der Waals surface area (Å²) in [7, 11) is -2.54. The van der Waals surface area contributed by atoms with Gasteiger partial charge < -0.3 is 0 Å². The summed E-state index contributed by atoms with van der Waals surface area (Å²) in [6, 6.07) is 9.36. The third-order valence-corrected chi connectivity index (χ3v) is 2.30. The molecule has 0 aliphatic heterocycles. The molecule has 1 unspecified atom stereocenters. The first kappa shape index (κ1) is 8.64. The van der Waals surface area contributed by atoms with Crippen LogP contribution in [0.15, 0.2) is 30.3 Å². The molecule has 2 N–H and O–H groups in total. The lowest BCUT2D eigenvalue weighted by Crippen LogP contribution is -2.12. The first-order valence-corrected chi connectivity index (χ1v) is 5.84. The van der Waals surface area contributed by atoms with Gasteiger partial charge in [0.05, 0.1) is 14.4 Å². The minimum absolute atomic E-state index is 0.281. The second kappa shape index (κ2) is 3.30. The molecule has 0 amide bonds. The molecule has 1 atom stereocenters. The van der Waals surface area contributed by atoms with E-state index in [2.05, 4.69) is 11.2 Å². The third-order valence-electron chi connectivity index (χ3n) is 1.21. The second-order valence-electron chi connectivity index (χ2n) is 2.29. The fraction of sp³-hybridized carbons (Fsp3) is 0.143. The van der Waals surface area contributed by atoms with Gasteiger partial charge in [0.15, 0.2) is 0 Å². The van der Waals surface area contributed by atoms with Gasteiger partial charge >= 0.3 is 0 Å². The SMILES string of the molecule is NS(=O)(=S)Cc1ccccc1. The van der Waals surface area contributed by atoms with Crippen LogP contribution in [0.25, 0.3) is 0 Å². The standard InChI is InChI=1S/C7H9NOS2/c8-11(9,10)6-7-4-2-1-3-5-7/h1-5H,6H2,(H2,8,9,10). The first-order valence-electron chi connectivity index (χ1n) is 3.12. The van der Waals surface area contributed by atoms with E-state index in [1.807, 2.05) is 30.3 Å². The van der Waals surface area contributed by atoms with Crippen LogP contribution in [-0.2, 0) is 25.6 Å². The summed E-state index contributed by atoms with van der Waals surface area (Å²) < 4.78 is 10.9. The lowest BCUT2D eigenvalue weighted by molar-refractivity contribution is 0.682. The highest BCUT2D eigenvalue weighted by Crippen LogP contribution is 2.01. The van der Waals surface area contributed by atoms with Crippen LogP contribution in [-0.4, -0.2) is 4.21 Å². The van der Waals surface area contributed by atoms with Crippen LogP contribution in [0, 0.1) is 0 Å². The second-order valence-corrected chi connectivity index (χ2v) is 5.60. The van der Waals surface area contributed by atoms with Crippen molar-refractivity contribution in [1.82, 2.24) is 0 Å². The summed E-state index contributed by atoms with van der Waals surface area (Å²) in [4.78, 5) is 0. The van der Waals surface area contributed by atoms with E-state index in [9.17, 15) is 4.21 Å². The average Bonchev–Trinajstić information content (AvgIpc) is 1.85. The first-order chi connectivity index (χ1) is 5.08. The molecular formula is C7H9NOS2. The minimum Gasteiger partial charge on any atom is -0.250 e. The van der Waals surface area contributed by atoms with Gasteiger partial charge in [-0.3, -0.25) is 5.14 Å². The number of hydrogen-bond donors (Lipinski definition) is 1. The number of rotatable bonds is 2. The zero-order valence-electron chi connectivity index (χ0n) is 5.90. The van der Waals surface area contributed by atoms with Crippen molar-refractivity contribution in [3.05, 3.63) is 35.9 Å². The molecule has 60 valence electrons. The maximum absolute atomic E-state index is 10.9. The molecule has 0 heterocycles. The van der Waals surface area contributed by atoms with Gasteiger partial charge in [0, 0.05) is 0 Å². The van der Waals surface area contributed by atoms with Crippen molar-refractivity contribution >= 4 is 19.9 Å². The van der Waals surface area contributed by atoms with Crippen LogP contribution in [0.4, 0.5) is 0 Å². The maximum Gasteiger partial charge on any atom is 0.0913 e. The fourth-order valence-electron chi connectivity index (χ4n) is 0.807. The van der Waals surface area contributed by atoms with Crippen molar-refractivity contribution in [2.24, 2.45) is 5.14 Å². The van der Waals surface area contributed by atoms with Crippen LogP contribution >= 0.6 is 0 Å². The van der Waals surface area contributed by atoms with Crippen molar-refractivity contribution in [2.45, 2.75) is 5.75 Å². The molecule has 4 heteroatoms. The molecule has 0 saturated carbocycles. The Labute approximate surface area is 71.2 Å². The molecule has 0 bridgehead atoms. The molecule has 0 spiro atoms. The van der Waals surface area contributed by atoms with Crippen molar-refractivity contribution in [3.63, 3.8) is 0 Å². The van der Waals surface area contributed by atoms with Crippen LogP contribution in [0.3, 0.4) is 0 Å². The van der Waals surface area contributed by atoms with Gasteiger partial charge in [-0.25, -0.2) is 4.21 Å². The van der Waals surface area contributed by atoms with Gasteiger partial charge in [-0.15, -0.1) is 0 Å². The van der Waals surface area contributed by atoms with Gasteiger partial charge in [-0.2, -0.15) is 0 Å². The van der Waals surface area contributed by atoms with E-state index in [-0.39, 0.29) is 5.75 Å². The number of benzene rings is 1. The lowest BCUT2D eigenvalue weighted by Gasteiger charge is -1.98. The number of hydrogen-bond acceptors (Lipinski definition) is 2. The smallest absolute Gasteiger partial charge is 0.0913 e. The monoisotopic (exact) mass is 187 g/mol. The summed E-state index contributed by atoms with van der Waals surface area (Å²) in [5, 5.41) is 5.21. The van der Waals surface area contributed by atoms with E-state index in [1.54, 1.807) is 0 Å². The van der Waals surface area contributed by atoms with Crippen molar-refractivity contribution < 1.29 is 4.21 Å². The van der Waals surface area contributed by atoms with E-state index in [0.717, 1.165) is 5.56 Å². The van der Waals surface area contributed by atoms with E-state index >= 15 is 0 Å². The summed E-state index contributed by atoms with van der Waals surface area (Å²) in [5.74, 6) is 0.281. The van der Waals surface area contributed by atoms with Crippen LogP contribution in [0.5, 0.6) is 0 Å². The Balaban J connectivity index is 2.82. The summed E-state index contributed by atoms with van der Waals surface area (Å²) in [6.07, 6.45) is 0. The van der Waals surface area contributed by atoms with Crippen LogP contribution in [0.1, 0.15) is 5.56 Å². The molecule has 0 saturated heterocycles. The Morgan fingerprint density at radius 3 is 2.36 bits per heavy atom. The highest BCUT2D eigenvalue weighted by Gasteiger charge is 1.98. The topological polar surface area (TPSA) is 43.1 Å². The van der Waals surface area contributed by atoms with Crippen molar-refractivity contribution in [1.29, 1.82) is 0 Å². The van der Waals surface area contributed by atoms with Crippen LogP contribution in [0.2, 0.25) is 0 Å². The Kier molecular flexibility index (Phi) is 2.59. The predicted molar refractivity (Wildman–Crippen MR) is 49.8 cm³/mol. The zero-order chi connectivity index (χ0) is 8.32. The van der Waals surface area contributed by atoms with Gasteiger partial charge in [-0.1, -0.05) is 30.3 Å². The minimum atomic E-state index is -2.54. The van der Waals surface area contributed by atoms with Crippen LogP contribution < -0.4 is 5.14 Å². The van der Waals surface area contributed by atoms with Gasteiger partial charge in [-0.05, 0) is 16.8 Å². The van der Waals surface area contributed by atoms with Gasteiger partial charge in [0.1, 0.15) is 0 Å². The van der Waals surface area contributed by atoms with Gasteiger partial charge in [0.2, 0.25) is 0 Å². The molecule has 1 aromatic carbocycles. The predicted octanol–water partition coefficient (Wildman–Crippen LogP) is 0.807. The average molecular weight is 187 g/mol. The van der Waals surface area contributed by atoms with Crippen molar-refractivity contribution in [3.8, 4) is 0 Å². The Bertz CT molecular complexity index is 318. The zero-order valence-corrected chi connectivity index (χ0v) is 7.53. The molecule has 2 nitrogen and oxygen atoms in total. The largest absolute Gasteiger partial charge is 0.250 e. The lowest BCUT2D eigenvalue weighted by atomic mass is 10.2. The Morgan fingerprint density at radius 2 is 1.91 bits per heavy atom. The molecule has 0 aromatic heterocycles. The highest BCUT2D eigenvalue weighted by molar-refractivity contribution is 8.31. The molecule has 0 fully saturated rings. The number of nitrogens with two attached hydrogens (primary N) is 1. The quantitative estimate of drug-likeness (QED) is 0.744. The molecular weight excluding hydrogens is 178 g/mol. The van der Waals surface area contributed by atoms with Gasteiger partial charge in [0.25, 0.3) is 0 Å². The molecule has 0 radical (unpaired) electrons. The fourth-order valence-corrected chi connectivity index (χ4v) is 1.87. The molecule has 11 heavy (non-hydrogen) atoms. The highest BCUT2D eigenvalue weighted by atomic mass is 32.8. The van der Waals surface area contributed by atoms with E-state index in [4.69, 9.17) is 5.14 Å². The summed E-state index contributed by atoms with van der Waals surface area (Å²) in [5.41, 5.74) is 0.926. The molecule has 0 aliphatic rings. The maximum atomic E-state index is 10.9. The third kappa shape index (κ3) is 3.46. The van der Waals surface area contributed by atoms with E-state index in [0.29, 0.717) is 0 Å². The molecule has 1 rings (SSSR count). The normalized spacial score (nSPS) is 15.7. The summed E-state index contributed by atoms with van der Waals surface area (Å²) in [6.45, 7) is 0. The van der Waals surface area contributed by atoms with E-state index in [1.165, 1.54) is 0 Å². The van der Waals surface area contributed by atoms with E-state index < -0.39 is 8.68 Å².